The lowest BCUT2D eigenvalue weighted by Gasteiger charge is -2.15. The third-order valence-electron chi connectivity index (χ3n) is 3.68. The number of nitrogens with two attached hydrogens (primary N) is 1. The molecule has 1 heterocycles. The molecule has 7 nitrogen and oxygen atoms in total. The number of nitrogens with zero attached hydrogens (tertiary/aromatic N) is 1. The fraction of sp³-hybridized carbons (Fsp3) is 0. The van der Waals surface area contributed by atoms with Crippen molar-refractivity contribution in [3.63, 3.8) is 0 Å². The number of sulfonamides is 1. The summed E-state index contributed by atoms with van der Waals surface area (Å²) in [6.07, 6.45) is 0. The molecule has 0 saturated heterocycles. The first-order chi connectivity index (χ1) is 12.1. The zero-order chi connectivity index (χ0) is 19.2. The van der Waals surface area contributed by atoms with Crippen LogP contribution < -0.4 is 10.0 Å². The Morgan fingerprint density at radius 1 is 0.962 bits per heavy atom. The standard InChI is InChI=1S/C16H10Cl2N2O5S/c17-8-1-6-11(12(18)7-8)13-14(21)16(23)20(15(13)22)9-2-4-10(5-3-9)26(19,24)25/h1-7,21H,(H2,19,24,25). The summed E-state index contributed by atoms with van der Waals surface area (Å²) in [5.74, 6) is -2.53. The average molecular weight is 413 g/mol. The van der Waals surface area contributed by atoms with Crippen LogP contribution in [-0.4, -0.2) is 25.3 Å². The molecule has 1 aliphatic rings. The van der Waals surface area contributed by atoms with Crippen LogP contribution in [0.15, 0.2) is 53.1 Å². The van der Waals surface area contributed by atoms with Crippen LogP contribution >= 0.6 is 23.2 Å². The Morgan fingerprint density at radius 2 is 1.58 bits per heavy atom. The lowest BCUT2D eigenvalue weighted by atomic mass is 10.1. The van der Waals surface area contributed by atoms with E-state index in [4.69, 9.17) is 28.3 Å². The SMILES string of the molecule is NS(=O)(=O)c1ccc(N2C(=O)C(O)=C(c3ccc(Cl)cc3Cl)C2=O)cc1. The minimum absolute atomic E-state index is 0.0686. The third-order valence-corrected chi connectivity index (χ3v) is 5.16. The van der Waals surface area contributed by atoms with E-state index in [1.54, 1.807) is 0 Å². The van der Waals surface area contributed by atoms with Gasteiger partial charge in [-0.15, -0.1) is 0 Å². The number of hydrogen-bond acceptors (Lipinski definition) is 5. The number of carbonyl (C=O) groups is 2. The molecule has 2 aromatic carbocycles. The number of aliphatic hydroxyl groups excluding tert-OH is 1. The lowest BCUT2D eigenvalue weighted by Crippen LogP contribution is -2.31. The topological polar surface area (TPSA) is 118 Å². The first-order valence-corrected chi connectivity index (χ1v) is 9.32. The van der Waals surface area contributed by atoms with Crippen LogP contribution in [-0.2, 0) is 19.6 Å². The molecule has 2 amide bonds. The molecule has 0 bridgehead atoms. The van der Waals surface area contributed by atoms with Crippen molar-refractivity contribution in [2.24, 2.45) is 5.14 Å². The molecule has 0 aliphatic carbocycles. The number of primary sulfonamides is 1. The summed E-state index contributed by atoms with van der Waals surface area (Å²) in [4.78, 5) is 25.6. The highest BCUT2D eigenvalue weighted by Crippen LogP contribution is 2.36. The molecule has 0 saturated carbocycles. The van der Waals surface area contributed by atoms with E-state index in [0.717, 1.165) is 12.1 Å². The number of carbonyl (C=O) groups excluding carboxylic acids is 2. The largest absolute Gasteiger partial charge is 0.502 e. The van der Waals surface area contributed by atoms with Gasteiger partial charge in [-0.2, -0.15) is 0 Å². The number of amides is 2. The maximum Gasteiger partial charge on any atom is 0.301 e. The molecule has 1 aliphatic heterocycles. The highest BCUT2D eigenvalue weighted by atomic mass is 35.5. The predicted molar refractivity (Wildman–Crippen MR) is 96.3 cm³/mol. The van der Waals surface area contributed by atoms with E-state index in [-0.39, 0.29) is 26.7 Å². The normalized spacial score (nSPS) is 15.1. The molecule has 2 aromatic rings. The molecule has 0 radical (unpaired) electrons. The summed E-state index contributed by atoms with van der Waals surface area (Å²) in [6, 6.07) is 9.01. The number of halogens is 2. The van der Waals surface area contributed by atoms with Gasteiger partial charge in [0.2, 0.25) is 10.0 Å². The monoisotopic (exact) mass is 412 g/mol. The van der Waals surface area contributed by atoms with Crippen LogP contribution in [0.3, 0.4) is 0 Å². The van der Waals surface area contributed by atoms with Gasteiger partial charge in [0, 0.05) is 10.6 Å². The van der Waals surface area contributed by atoms with Gasteiger partial charge in [-0.3, -0.25) is 9.59 Å². The van der Waals surface area contributed by atoms with Crippen LogP contribution in [0, 0.1) is 0 Å². The van der Waals surface area contributed by atoms with Crippen molar-refractivity contribution in [1.29, 1.82) is 0 Å². The van der Waals surface area contributed by atoms with Gasteiger partial charge in [-0.1, -0.05) is 29.3 Å². The predicted octanol–water partition coefficient (Wildman–Crippen LogP) is 2.48. The van der Waals surface area contributed by atoms with Gasteiger partial charge < -0.3 is 5.11 Å². The van der Waals surface area contributed by atoms with Crippen LogP contribution in [0.1, 0.15) is 5.56 Å². The number of aliphatic hydroxyl groups is 1. The molecule has 3 N–H and O–H groups in total. The zero-order valence-corrected chi connectivity index (χ0v) is 15.1. The molecule has 3 rings (SSSR count). The summed E-state index contributed by atoms with van der Waals surface area (Å²) < 4.78 is 22.6. The molecule has 0 fully saturated rings. The summed E-state index contributed by atoms with van der Waals surface area (Å²) in [6.45, 7) is 0. The maximum absolute atomic E-state index is 12.7. The molecular weight excluding hydrogens is 403 g/mol. The Kier molecular flexibility index (Phi) is 4.53. The van der Waals surface area contributed by atoms with E-state index in [1.165, 1.54) is 30.3 Å². The Morgan fingerprint density at radius 3 is 2.12 bits per heavy atom. The van der Waals surface area contributed by atoms with Crippen molar-refractivity contribution in [3.8, 4) is 0 Å². The molecule has 134 valence electrons. The van der Waals surface area contributed by atoms with Gasteiger partial charge in [0.05, 0.1) is 21.2 Å². The Balaban J connectivity index is 2.03. The first kappa shape index (κ1) is 18.4. The molecular formula is C16H10Cl2N2O5S. The zero-order valence-electron chi connectivity index (χ0n) is 12.8. The van der Waals surface area contributed by atoms with Gasteiger partial charge in [0.15, 0.2) is 5.76 Å². The third kappa shape index (κ3) is 3.08. The number of imide groups is 1. The fourth-order valence-electron chi connectivity index (χ4n) is 2.47. The van der Waals surface area contributed by atoms with E-state index < -0.39 is 27.6 Å². The van der Waals surface area contributed by atoms with Crippen LogP contribution in [0.2, 0.25) is 10.0 Å². The van der Waals surface area contributed by atoms with Crippen molar-refractivity contribution in [3.05, 3.63) is 63.8 Å². The van der Waals surface area contributed by atoms with Gasteiger partial charge in [0.1, 0.15) is 0 Å². The second kappa shape index (κ2) is 6.40. The summed E-state index contributed by atoms with van der Waals surface area (Å²) in [7, 11) is -3.92. The number of hydrogen-bond donors (Lipinski definition) is 2. The van der Waals surface area contributed by atoms with E-state index in [9.17, 15) is 23.1 Å². The molecule has 0 spiro atoms. The average Bonchev–Trinajstić information content (AvgIpc) is 2.77. The maximum atomic E-state index is 12.7. The molecule has 0 unspecified atom stereocenters. The number of rotatable bonds is 3. The smallest absolute Gasteiger partial charge is 0.301 e. The number of benzene rings is 2. The second-order valence-electron chi connectivity index (χ2n) is 5.33. The highest BCUT2D eigenvalue weighted by Gasteiger charge is 2.41. The van der Waals surface area contributed by atoms with Crippen molar-refractivity contribution in [2.45, 2.75) is 4.90 Å². The van der Waals surface area contributed by atoms with Crippen molar-refractivity contribution < 1.29 is 23.1 Å². The summed E-state index contributed by atoms with van der Waals surface area (Å²) in [5.41, 5.74) is -0.0539. The van der Waals surface area contributed by atoms with Gasteiger partial charge in [0.25, 0.3) is 5.91 Å². The quantitative estimate of drug-likeness (QED) is 0.750. The lowest BCUT2D eigenvalue weighted by molar-refractivity contribution is -0.121. The molecule has 0 aromatic heterocycles. The second-order valence-corrected chi connectivity index (χ2v) is 7.74. The molecule has 10 heteroatoms. The highest BCUT2D eigenvalue weighted by molar-refractivity contribution is 7.89. The Labute approximate surface area is 158 Å². The van der Waals surface area contributed by atoms with Crippen molar-refractivity contribution in [2.75, 3.05) is 4.90 Å². The van der Waals surface area contributed by atoms with Crippen LogP contribution in [0.4, 0.5) is 5.69 Å². The van der Waals surface area contributed by atoms with E-state index in [1.807, 2.05) is 0 Å². The fourth-order valence-corrected chi connectivity index (χ4v) is 3.49. The molecule has 26 heavy (non-hydrogen) atoms. The Hall–Kier alpha value is -2.39. The first-order valence-electron chi connectivity index (χ1n) is 7.01. The van der Waals surface area contributed by atoms with Crippen LogP contribution in [0.25, 0.3) is 5.57 Å². The Bertz CT molecular complexity index is 1080. The van der Waals surface area contributed by atoms with Crippen molar-refractivity contribution >= 4 is 56.3 Å². The van der Waals surface area contributed by atoms with Gasteiger partial charge in [-0.25, -0.2) is 18.5 Å². The summed E-state index contributed by atoms with van der Waals surface area (Å²) in [5, 5.41) is 15.6. The minimum Gasteiger partial charge on any atom is -0.502 e. The summed E-state index contributed by atoms with van der Waals surface area (Å²) >= 11 is 11.9. The minimum atomic E-state index is -3.92. The van der Waals surface area contributed by atoms with Gasteiger partial charge >= 0.3 is 5.91 Å². The van der Waals surface area contributed by atoms with Crippen molar-refractivity contribution in [1.82, 2.24) is 0 Å². The van der Waals surface area contributed by atoms with Crippen LogP contribution in [0.5, 0.6) is 0 Å². The van der Waals surface area contributed by atoms with Gasteiger partial charge in [-0.05, 0) is 36.4 Å². The van der Waals surface area contributed by atoms with E-state index >= 15 is 0 Å². The van der Waals surface area contributed by atoms with E-state index in [2.05, 4.69) is 0 Å². The number of anilines is 1. The van der Waals surface area contributed by atoms with E-state index in [0.29, 0.717) is 9.92 Å². The molecule has 0 atom stereocenters.